The third-order valence-electron chi connectivity index (χ3n) is 3.74. The zero-order valence-electron chi connectivity index (χ0n) is 11.0. The maximum Gasteiger partial charge on any atom is 0.0793 e. The van der Waals surface area contributed by atoms with E-state index in [2.05, 4.69) is 39.5 Å². The predicted octanol–water partition coefficient (Wildman–Crippen LogP) is 3.43. The van der Waals surface area contributed by atoms with E-state index in [4.69, 9.17) is 4.74 Å². The van der Waals surface area contributed by atoms with E-state index in [0.29, 0.717) is 6.10 Å². The average molecular weight is 314 g/mol. The molecule has 0 spiro atoms. The number of rotatable bonds is 6. The van der Waals surface area contributed by atoms with Gasteiger partial charge >= 0.3 is 0 Å². The summed E-state index contributed by atoms with van der Waals surface area (Å²) in [5.74, 6) is 0.762. The Bertz CT molecular complexity index is 295. The summed E-state index contributed by atoms with van der Waals surface area (Å²) in [6.07, 6.45) is 13.1. The Hall–Kier alpha value is -0.120. The van der Waals surface area contributed by atoms with Crippen LogP contribution in [0.15, 0.2) is 23.8 Å². The number of hydrogen-bond acceptors (Lipinski definition) is 2. The molecule has 1 unspecified atom stereocenters. The van der Waals surface area contributed by atoms with Gasteiger partial charge in [0.1, 0.15) is 0 Å². The van der Waals surface area contributed by atoms with E-state index in [0.717, 1.165) is 37.4 Å². The van der Waals surface area contributed by atoms with Crippen molar-refractivity contribution in [1.82, 2.24) is 5.32 Å². The monoisotopic (exact) mass is 313 g/mol. The Morgan fingerprint density at radius 3 is 2.83 bits per heavy atom. The second kappa shape index (κ2) is 8.13. The Kier molecular flexibility index (Phi) is 6.46. The van der Waals surface area contributed by atoms with Gasteiger partial charge in [-0.05, 0) is 51.1 Å². The molecule has 0 amide bonds. The van der Waals surface area contributed by atoms with Crippen molar-refractivity contribution in [3.05, 3.63) is 23.8 Å². The van der Waals surface area contributed by atoms with Crippen LogP contribution in [-0.4, -0.2) is 31.1 Å². The van der Waals surface area contributed by atoms with E-state index in [1.165, 1.54) is 31.3 Å². The highest BCUT2D eigenvalue weighted by Gasteiger charge is 2.15. The van der Waals surface area contributed by atoms with Crippen LogP contribution in [0, 0.1) is 5.92 Å². The minimum Gasteiger partial charge on any atom is -0.374 e. The molecule has 1 aliphatic heterocycles. The van der Waals surface area contributed by atoms with Gasteiger partial charge in [-0.2, -0.15) is 0 Å². The van der Waals surface area contributed by atoms with Crippen LogP contribution in [-0.2, 0) is 4.74 Å². The normalized spacial score (nSPS) is 25.2. The lowest BCUT2D eigenvalue weighted by Crippen LogP contribution is -2.31. The number of halogens is 1. The minimum atomic E-state index is 0.313. The first-order valence-corrected chi connectivity index (χ1v) is 8.26. The highest BCUT2D eigenvalue weighted by Crippen LogP contribution is 2.20. The van der Waals surface area contributed by atoms with Gasteiger partial charge in [-0.3, -0.25) is 0 Å². The number of nitrogens with one attached hydrogen (secondary N) is 1. The fourth-order valence-corrected chi connectivity index (χ4v) is 2.81. The van der Waals surface area contributed by atoms with Gasteiger partial charge in [0.15, 0.2) is 0 Å². The largest absolute Gasteiger partial charge is 0.374 e. The first kappa shape index (κ1) is 14.3. The maximum absolute atomic E-state index is 6.01. The number of allylic oxidation sites excluding steroid dienone is 2. The van der Waals surface area contributed by atoms with Crippen molar-refractivity contribution in [1.29, 1.82) is 0 Å². The molecule has 0 aromatic rings. The molecule has 2 nitrogen and oxygen atoms in total. The third kappa shape index (κ3) is 4.87. The second-order valence-electron chi connectivity index (χ2n) is 5.23. The van der Waals surface area contributed by atoms with Crippen molar-refractivity contribution in [3.63, 3.8) is 0 Å². The molecule has 0 aromatic heterocycles. The van der Waals surface area contributed by atoms with Crippen molar-refractivity contribution in [3.8, 4) is 0 Å². The van der Waals surface area contributed by atoms with Gasteiger partial charge in [-0.1, -0.05) is 39.7 Å². The Labute approximate surface area is 119 Å². The molecule has 18 heavy (non-hydrogen) atoms. The van der Waals surface area contributed by atoms with E-state index in [-0.39, 0.29) is 0 Å². The molecule has 0 bridgehead atoms. The lowest BCUT2D eigenvalue weighted by molar-refractivity contribution is 0.0494. The highest BCUT2D eigenvalue weighted by molar-refractivity contribution is 9.09. The van der Waals surface area contributed by atoms with Gasteiger partial charge in [-0.15, -0.1) is 0 Å². The molecule has 1 fully saturated rings. The SMILES string of the molecule is BrCCCC1=CCC(OCC2CCNCC2)C=C1. The van der Waals surface area contributed by atoms with Gasteiger partial charge in [0, 0.05) is 5.33 Å². The van der Waals surface area contributed by atoms with Crippen LogP contribution >= 0.6 is 15.9 Å². The van der Waals surface area contributed by atoms with Crippen LogP contribution in [0.25, 0.3) is 0 Å². The van der Waals surface area contributed by atoms with Crippen LogP contribution < -0.4 is 5.32 Å². The average Bonchev–Trinajstić information content (AvgIpc) is 2.45. The van der Waals surface area contributed by atoms with Crippen LogP contribution in [0.4, 0.5) is 0 Å². The molecule has 102 valence electrons. The van der Waals surface area contributed by atoms with Crippen LogP contribution in [0.3, 0.4) is 0 Å². The van der Waals surface area contributed by atoms with Gasteiger partial charge in [0.05, 0.1) is 12.7 Å². The smallest absolute Gasteiger partial charge is 0.0793 e. The summed E-state index contributed by atoms with van der Waals surface area (Å²) in [4.78, 5) is 0. The van der Waals surface area contributed by atoms with Crippen LogP contribution in [0.2, 0.25) is 0 Å². The van der Waals surface area contributed by atoms with Gasteiger partial charge in [-0.25, -0.2) is 0 Å². The Morgan fingerprint density at radius 2 is 2.17 bits per heavy atom. The molecule has 1 aliphatic carbocycles. The highest BCUT2D eigenvalue weighted by atomic mass is 79.9. The molecule has 1 atom stereocenters. The third-order valence-corrected chi connectivity index (χ3v) is 4.30. The molecule has 3 heteroatoms. The molecule has 2 rings (SSSR count). The molecule has 1 saturated heterocycles. The van der Waals surface area contributed by atoms with E-state index < -0.39 is 0 Å². The first-order chi connectivity index (χ1) is 8.88. The predicted molar refractivity (Wildman–Crippen MR) is 80.2 cm³/mol. The number of alkyl halides is 1. The number of piperidine rings is 1. The summed E-state index contributed by atoms with van der Waals surface area (Å²) in [6, 6.07) is 0. The summed E-state index contributed by atoms with van der Waals surface area (Å²) < 4.78 is 6.01. The summed E-state index contributed by atoms with van der Waals surface area (Å²) >= 11 is 3.48. The van der Waals surface area contributed by atoms with Crippen molar-refractivity contribution >= 4 is 15.9 Å². The molecule has 0 aromatic carbocycles. The second-order valence-corrected chi connectivity index (χ2v) is 6.02. The summed E-state index contributed by atoms with van der Waals surface area (Å²) in [6.45, 7) is 3.25. The van der Waals surface area contributed by atoms with E-state index in [1.54, 1.807) is 0 Å². The van der Waals surface area contributed by atoms with E-state index >= 15 is 0 Å². The topological polar surface area (TPSA) is 21.3 Å². The lowest BCUT2D eigenvalue weighted by Gasteiger charge is -2.25. The van der Waals surface area contributed by atoms with Crippen molar-refractivity contribution in [2.45, 2.75) is 38.2 Å². The minimum absolute atomic E-state index is 0.313. The summed E-state index contributed by atoms with van der Waals surface area (Å²) in [5.41, 5.74) is 1.47. The molecular weight excluding hydrogens is 290 g/mol. The Balaban J connectivity index is 1.64. The molecule has 0 radical (unpaired) electrons. The van der Waals surface area contributed by atoms with E-state index in [1.807, 2.05) is 0 Å². The van der Waals surface area contributed by atoms with Crippen LogP contribution in [0.5, 0.6) is 0 Å². The fourth-order valence-electron chi connectivity index (χ4n) is 2.53. The van der Waals surface area contributed by atoms with E-state index in [9.17, 15) is 0 Å². The standard InChI is InChI=1S/C15H24BrNO/c16-9-1-2-13-3-5-15(6-4-13)18-12-14-7-10-17-11-8-14/h3-5,14-15,17H,1-2,6-12H2. The Morgan fingerprint density at radius 1 is 1.33 bits per heavy atom. The summed E-state index contributed by atoms with van der Waals surface area (Å²) in [7, 11) is 0. The number of hydrogen-bond donors (Lipinski definition) is 1. The van der Waals surface area contributed by atoms with Crippen molar-refractivity contribution in [2.75, 3.05) is 25.0 Å². The zero-order chi connectivity index (χ0) is 12.6. The number of ether oxygens (including phenoxy) is 1. The molecule has 1 heterocycles. The van der Waals surface area contributed by atoms with Crippen molar-refractivity contribution < 1.29 is 4.74 Å². The summed E-state index contributed by atoms with van der Waals surface area (Å²) in [5, 5.41) is 4.49. The molecule has 2 aliphatic rings. The van der Waals surface area contributed by atoms with Crippen molar-refractivity contribution in [2.24, 2.45) is 5.92 Å². The first-order valence-electron chi connectivity index (χ1n) is 7.14. The maximum atomic E-state index is 6.01. The molecule has 1 N–H and O–H groups in total. The van der Waals surface area contributed by atoms with Gasteiger partial charge in [0.25, 0.3) is 0 Å². The quantitative estimate of drug-likeness (QED) is 0.759. The molecular formula is C15H24BrNO. The van der Waals surface area contributed by atoms with Crippen LogP contribution in [0.1, 0.15) is 32.1 Å². The fraction of sp³-hybridized carbons (Fsp3) is 0.733. The van der Waals surface area contributed by atoms with Gasteiger partial charge < -0.3 is 10.1 Å². The lowest BCUT2D eigenvalue weighted by atomic mass is 9.98. The molecule has 0 saturated carbocycles. The zero-order valence-corrected chi connectivity index (χ0v) is 12.6. The van der Waals surface area contributed by atoms with Gasteiger partial charge in [0.2, 0.25) is 0 Å².